The molecule has 0 aromatic heterocycles. The van der Waals surface area contributed by atoms with Crippen molar-refractivity contribution in [2.45, 2.75) is 24.6 Å². The van der Waals surface area contributed by atoms with Crippen molar-refractivity contribution in [3.8, 4) is 0 Å². The summed E-state index contributed by atoms with van der Waals surface area (Å²) in [6.07, 6.45) is 1.12. The lowest BCUT2D eigenvalue weighted by Crippen LogP contribution is -2.15. The second kappa shape index (κ2) is 5.62. The first-order valence-corrected chi connectivity index (χ1v) is 7.56. The van der Waals surface area contributed by atoms with E-state index in [-0.39, 0.29) is 0 Å². The van der Waals surface area contributed by atoms with Crippen molar-refractivity contribution in [3.05, 3.63) is 71.8 Å². The first-order valence-electron chi connectivity index (χ1n) is 6.68. The van der Waals surface area contributed by atoms with Gasteiger partial charge in [0.15, 0.2) is 0 Å². The Morgan fingerprint density at radius 2 is 1.58 bits per heavy atom. The summed E-state index contributed by atoms with van der Waals surface area (Å²) in [5, 5.41) is 1.78. The summed E-state index contributed by atoms with van der Waals surface area (Å²) in [5.74, 6) is 0. The molecule has 3 rings (SSSR count). The maximum Gasteiger partial charge on any atom is 0.0987 e. The van der Waals surface area contributed by atoms with Crippen molar-refractivity contribution in [3.63, 3.8) is 0 Å². The van der Waals surface area contributed by atoms with Gasteiger partial charge in [-0.3, -0.25) is 4.99 Å². The number of benzene rings is 2. The highest BCUT2D eigenvalue weighted by molar-refractivity contribution is 8.15. The molecule has 0 spiro atoms. The molecule has 1 aliphatic heterocycles. The third-order valence-electron chi connectivity index (χ3n) is 3.35. The minimum absolute atomic E-state index is 0.299. The number of hydrogen-bond acceptors (Lipinski definition) is 2. The average molecular weight is 267 g/mol. The van der Waals surface area contributed by atoms with Crippen LogP contribution in [0.15, 0.2) is 65.7 Å². The minimum atomic E-state index is 0.299. The molecule has 2 aromatic carbocycles. The SMILES string of the molecule is C[C@@H]1C[C@H](c2ccccc2)N=C(c2ccccc2)S1. The highest BCUT2D eigenvalue weighted by Crippen LogP contribution is 2.36. The fourth-order valence-corrected chi connectivity index (χ4v) is 3.51. The number of thioether (sulfide) groups is 1. The highest BCUT2D eigenvalue weighted by atomic mass is 32.2. The van der Waals surface area contributed by atoms with Gasteiger partial charge >= 0.3 is 0 Å². The van der Waals surface area contributed by atoms with E-state index in [9.17, 15) is 0 Å². The summed E-state index contributed by atoms with van der Waals surface area (Å²) < 4.78 is 0. The number of hydrogen-bond donors (Lipinski definition) is 0. The van der Waals surface area contributed by atoms with Crippen LogP contribution in [-0.4, -0.2) is 10.3 Å². The average Bonchev–Trinajstić information content (AvgIpc) is 2.48. The molecule has 2 heteroatoms. The van der Waals surface area contributed by atoms with Gasteiger partial charge in [-0.05, 0) is 12.0 Å². The molecule has 0 fully saturated rings. The molecule has 2 atom stereocenters. The standard InChI is InChI=1S/C17H17NS/c1-13-12-16(14-8-4-2-5-9-14)18-17(19-13)15-10-6-3-7-11-15/h2-11,13,16H,12H2,1H3/t13-,16-/m1/s1. The van der Waals surface area contributed by atoms with Crippen molar-refractivity contribution in [2.24, 2.45) is 4.99 Å². The van der Waals surface area contributed by atoms with E-state index in [0.717, 1.165) is 6.42 Å². The van der Waals surface area contributed by atoms with Crippen LogP contribution in [0, 0.1) is 0 Å². The number of rotatable bonds is 2. The molecule has 0 unspecified atom stereocenters. The van der Waals surface area contributed by atoms with Crippen LogP contribution in [0.25, 0.3) is 0 Å². The van der Waals surface area contributed by atoms with Crippen LogP contribution in [0.5, 0.6) is 0 Å². The smallest absolute Gasteiger partial charge is 0.0987 e. The summed E-state index contributed by atoms with van der Waals surface area (Å²) in [6.45, 7) is 2.29. The highest BCUT2D eigenvalue weighted by Gasteiger charge is 2.23. The van der Waals surface area contributed by atoms with E-state index in [1.807, 2.05) is 11.8 Å². The lowest BCUT2D eigenvalue weighted by atomic mass is 10.0. The Balaban J connectivity index is 1.95. The summed E-state index contributed by atoms with van der Waals surface area (Å²) in [7, 11) is 0. The van der Waals surface area contributed by atoms with Crippen LogP contribution in [-0.2, 0) is 0 Å². The molecule has 96 valence electrons. The topological polar surface area (TPSA) is 12.4 Å². The molecule has 0 saturated carbocycles. The summed E-state index contributed by atoms with van der Waals surface area (Å²) in [4.78, 5) is 4.95. The lowest BCUT2D eigenvalue weighted by molar-refractivity contribution is 0.647. The van der Waals surface area contributed by atoms with Gasteiger partial charge in [-0.15, -0.1) is 11.8 Å². The number of aliphatic imine (C=N–C) groups is 1. The zero-order valence-corrected chi connectivity index (χ0v) is 11.8. The Kier molecular flexibility index (Phi) is 3.69. The van der Waals surface area contributed by atoms with Crippen molar-refractivity contribution < 1.29 is 0 Å². The van der Waals surface area contributed by atoms with Crippen molar-refractivity contribution in [1.29, 1.82) is 0 Å². The molecule has 0 radical (unpaired) electrons. The first-order chi connectivity index (χ1) is 9.33. The van der Waals surface area contributed by atoms with Crippen molar-refractivity contribution in [1.82, 2.24) is 0 Å². The fourth-order valence-electron chi connectivity index (χ4n) is 2.39. The molecular formula is C17H17NS. The predicted octanol–water partition coefficient (Wildman–Crippen LogP) is 4.70. The van der Waals surface area contributed by atoms with E-state index in [1.165, 1.54) is 16.2 Å². The van der Waals surface area contributed by atoms with Crippen molar-refractivity contribution >= 4 is 16.8 Å². The van der Waals surface area contributed by atoms with E-state index in [2.05, 4.69) is 67.6 Å². The molecule has 0 N–H and O–H groups in total. The largest absolute Gasteiger partial charge is 0.270 e. The molecule has 1 heterocycles. The quantitative estimate of drug-likeness (QED) is 0.768. The summed E-state index contributed by atoms with van der Waals surface area (Å²) >= 11 is 1.89. The Morgan fingerprint density at radius 1 is 0.947 bits per heavy atom. The summed E-state index contributed by atoms with van der Waals surface area (Å²) in [6, 6.07) is 21.4. The second-order valence-corrected chi connectivity index (χ2v) is 6.32. The van der Waals surface area contributed by atoms with Crippen LogP contribution in [0.1, 0.15) is 30.5 Å². The van der Waals surface area contributed by atoms with Crippen LogP contribution in [0.2, 0.25) is 0 Å². The second-order valence-electron chi connectivity index (χ2n) is 4.89. The van der Waals surface area contributed by atoms with E-state index >= 15 is 0 Å². The molecular weight excluding hydrogens is 250 g/mol. The molecule has 19 heavy (non-hydrogen) atoms. The summed E-state index contributed by atoms with van der Waals surface area (Å²) in [5.41, 5.74) is 2.56. The molecule has 0 aliphatic carbocycles. The minimum Gasteiger partial charge on any atom is -0.270 e. The van der Waals surface area contributed by atoms with E-state index in [0.29, 0.717) is 11.3 Å². The van der Waals surface area contributed by atoms with Crippen LogP contribution in [0.4, 0.5) is 0 Å². The molecule has 0 saturated heterocycles. The zero-order chi connectivity index (χ0) is 13.1. The molecule has 1 nitrogen and oxygen atoms in total. The Bertz CT molecular complexity index is 562. The van der Waals surface area contributed by atoms with Gasteiger partial charge in [0.2, 0.25) is 0 Å². The lowest BCUT2D eigenvalue weighted by Gasteiger charge is -2.25. The van der Waals surface area contributed by atoms with Crippen molar-refractivity contribution in [2.75, 3.05) is 0 Å². The molecule has 0 amide bonds. The van der Waals surface area contributed by atoms with Gasteiger partial charge in [0.05, 0.1) is 11.1 Å². The van der Waals surface area contributed by atoms with Gasteiger partial charge in [-0.2, -0.15) is 0 Å². The molecule has 2 aromatic rings. The van der Waals surface area contributed by atoms with Crippen LogP contribution in [0.3, 0.4) is 0 Å². The molecule has 0 bridgehead atoms. The van der Waals surface area contributed by atoms with Gasteiger partial charge in [-0.1, -0.05) is 67.6 Å². The van der Waals surface area contributed by atoms with Gasteiger partial charge in [0.1, 0.15) is 0 Å². The van der Waals surface area contributed by atoms with E-state index < -0.39 is 0 Å². The normalized spacial score (nSPS) is 22.9. The van der Waals surface area contributed by atoms with Gasteiger partial charge in [0.25, 0.3) is 0 Å². The van der Waals surface area contributed by atoms with Gasteiger partial charge in [-0.25, -0.2) is 0 Å². The third kappa shape index (κ3) is 2.90. The zero-order valence-electron chi connectivity index (χ0n) is 11.0. The van der Waals surface area contributed by atoms with E-state index in [4.69, 9.17) is 4.99 Å². The first kappa shape index (κ1) is 12.5. The van der Waals surface area contributed by atoms with Crippen LogP contribution < -0.4 is 0 Å². The monoisotopic (exact) mass is 267 g/mol. The molecule has 1 aliphatic rings. The third-order valence-corrected chi connectivity index (χ3v) is 4.51. The Hall–Kier alpha value is -1.54. The maximum atomic E-state index is 4.95. The number of nitrogens with zero attached hydrogens (tertiary/aromatic N) is 1. The Labute approximate surface area is 118 Å². The van der Waals surface area contributed by atoms with Gasteiger partial charge in [0, 0.05) is 10.8 Å². The van der Waals surface area contributed by atoms with E-state index in [1.54, 1.807) is 0 Å². The predicted molar refractivity (Wildman–Crippen MR) is 83.8 cm³/mol. The fraction of sp³-hybridized carbons (Fsp3) is 0.235. The van der Waals surface area contributed by atoms with Gasteiger partial charge < -0.3 is 0 Å². The van der Waals surface area contributed by atoms with Crippen LogP contribution >= 0.6 is 11.8 Å². The Morgan fingerprint density at radius 3 is 2.26 bits per heavy atom. The maximum absolute atomic E-state index is 4.95.